The van der Waals surface area contributed by atoms with Gasteiger partial charge in [0.2, 0.25) is 0 Å². The number of hydrogen-bond acceptors (Lipinski definition) is 4. The normalized spacial score (nSPS) is 15.8. The maximum atomic E-state index is 12.0. The molecule has 24 heavy (non-hydrogen) atoms. The van der Waals surface area contributed by atoms with Crippen LogP contribution in [0.2, 0.25) is 5.02 Å². The third-order valence-corrected chi connectivity index (χ3v) is 4.57. The lowest BCUT2D eigenvalue weighted by atomic mass is 10.0. The van der Waals surface area contributed by atoms with Crippen molar-refractivity contribution in [1.82, 2.24) is 15.1 Å². The van der Waals surface area contributed by atoms with Gasteiger partial charge >= 0.3 is 6.09 Å². The van der Waals surface area contributed by atoms with Gasteiger partial charge in [-0.3, -0.25) is 9.69 Å². The summed E-state index contributed by atoms with van der Waals surface area (Å²) in [5, 5.41) is 3.17. The van der Waals surface area contributed by atoms with Crippen LogP contribution < -0.4 is 5.32 Å². The molecule has 1 saturated heterocycles. The molecule has 0 aromatic heterocycles. The maximum absolute atomic E-state index is 12.0. The lowest BCUT2D eigenvalue weighted by Crippen LogP contribution is -2.46. The van der Waals surface area contributed by atoms with Crippen LogP contribution in [-0.4, -0.2) is 61.6 Å². The van der Waals surface area contributed by atoms with E-state index >= 15 is 0 Å². The molecule has 1 aromatic carbocycles. The maximum Gasteiger partial charge on any atom is 0.410 e. The molecular weight excluding hydrogens is 330 g/mol. The summed E-state index contributed by atoms with van der Waals surface area (Å²) in [6, 6.07) is 8.02. The Bertz CT molecular complexity index is 557. The topological polar surface area (TPSA) is 61.9 Å². The first-order valence-corrected chi connectivity index (χ1v) is 8.44. The van der Waals surface area contributed by atoms with Gasteiger partial charge in [-0.15, -0.1) is 0 Å². The highest BCUT2D eigenvalue weighted by Crippen LogP contribution is 2.19. The molecule has 132 valence electrons. The molecule has 1 aliphatic heterocycles. The molecule has 1 N–H and O–H groups in total. The number of ether oxygens (including phenoxy) is 1. The lowest BCUT2D eigenvalue weighted by molar-refractivity contribution is -0.123. The zero-order chi connectivity index (χ0) is 17.5. The van der Waals surface area contributed by atoms with Gasteiger partial charge in [0.15, 0.2) is 6.61 Å². The first-order chi connectivity index (χ1) is 11.5. The van der Waals surface area contributed by atoms with Crippen molar-refractivity contribution in [3.63, 3.8) is 0 Å². The fourth-order valence-corrected chi connectivity index (χ4v) is 2.89. The number of carbonyl (C=O) groups excluding carboxylic acids is 2. The second kappa shape index (κ2) is 8.89. The molecule has 0 unspecified atom stereocenters. The van der Waals surface area contributed by atoms with E-state index in [-0.39, 0.29) is 18.6 Å². The smallest absolute Gasteiger partial charge is 0.410 e. The van der Waals surface area contributed by atoms with Crippen LogP contribution in [-0.2, 0) is 16.1 Å². The summed E-state index contributed by atoms with van der Waals surface area (Å²) in [6.45, 7) is 2.48. The number of rotatable bonds is 5. The zero-order valence-corrected chi connectivity index (χ0v) is 14.9. The Morgan fingerprint density at radius 2 is 1.92 bits per heavy atom. The molecule has 0 bridgehead atoms. The summed E-state index contributed by atoms with van der Waals surface area (Å²) in [5.74, 6) is -0.311. The fourth-order valence-electron chi connectivity index (χ4n) is 2.76. The standard InChI is InChI=1S/C17H24ClN3O3/c1-19-16(22)12-24-17(23)20(2)15-7-9-21(10-8-15)11-13-3-5-14(18)6-4-13/h3-6,15H,7-12H2,1-2H3,(H,19,22). The van der Waals surface area contributed by atoms with E-state index in [1.165, 1.54) is 12.6 Å². The van der Waals surface area contributed by atoms with Crippen molar-refractivity contribution in [1.29, 1.82) is 0 Å². The largest absolute Gasteiger partial charge is 0.439 e. The van der Waals surface area contributed by atoms with Crippen molar-refractivity contribution in [2.45, 2.75) is 25.4 Å². The van der Waals surface area contributed by atoms with Gasteiger partial charge in [-0.05, 0) is 30.5 Å². The van der Waals surface area contributed by atoms with Crippen molar-refractivity contribution in [2.75, 3.05) is 33.8 Å². The minimum absolute atomic E-state index is 0.142. The number of halogens is 1. The van der Waals surface area contributed by atoms with Crippen molar-refractivity contribution < 1.29 is 14.3 Å². The third-order valence-electron chi connectivity index (χ3n) is 4.32. The van der Waals surface area contributed by atoms with E-state index < -0.39 is 6.09 Å². The van der Waals surface area contributed by atoms with Crippen LogP contribution in [0.4, 0.5) is 4.79 Å². The summed E-state index contributed by atoms with van der Waals surface area (Å²) in [6.07, 6.45) is 1.33. The summed E-state index contributed by atoms with van der Waals surface area (Å²) in [7, 11) is 3.24. The molecule has 1 fully saturated rings. The molecule has 7 heteroatoms. The van der Waals surface area contributed by atoms with Crippen molar-refractivity contribution in [3.05, 3.63) is 34.9 Å². The first-order valence-electron chi connectivity index (χ1n) is 8.06. The SMILES string of the molecule is CNC(=O)COC(=O)N(C)C1CCN(Cc2ccc(Cl)cc2)CC1. The number of amides is 2. The second-order valence-electron chi connectivity index (χ2n) is 5.97. The van der Waals surface area contributed by atoms with Gasteiger partial charge in [0.05, 0.1) is 0 Å². The molecule has 0 aliphatic carbocycles. The molecule has 2 amide bonds. The van der Waals surface area contributed by atoms with E-state index in [0.29, 0.717) is 0 Å². The Balaban J connectivity index is 1.76. The Morgan fingerprint density at radius 3 is 2.50 bits per heavy atom. The molecular formula is C17H24ClN3O3. The second-order valence-corrected chi connectivity index (χ2v) is 6.41. The molecule has 0 atom stereocenters. The highest BCUT2D eigenvalue weighted by atomic mass is 35.5. The monoisotopic (exact) mass is 353 g/mol. The number of nitrogens with zero attached hydrogens (tertiary/aromatic N) is 2. The molecule has 1 heterocycles. The molecule has 1 aliphatic rings. The van der Waals surface area contributed by atoms with E-state index in [0.717, 1.165) is 37.5 Å². The van der Waals surface area contributed by atoms with Gasteiger partial charge in [-0.25, -0.2) is 4.79 Å². The van der Waals surface area contributed by atoms with E-state index in [1.807, 2.05) is 24.3 Å². The van der Waals surface area contributed by atoms with Crippen LogP contribution in [0.25, 0.3) is 0 Å². The Morgan fingerprint density at radius 1 is 1.29 bits per heavy atom. The van der Waals surface area contributed by atoms with Crippen LogP contribution in [0.5, 0.6) is 0 Å². The van der Waals surface area contributed by atoms with Gasteiger partial charge in [-0.2, -0.15) is 0 Å². The van der Waals surface area contributed by atoms with Crippen LogP contribution >= 0.6 is 11.6 Å². The van der Waals surface area contributed by atoms with Crippen LogP contribution in [0.3, 0.4) is 0 Å². The van der Waals surface area contributed by atoms with Gasteiger partial charge in [0, 0.05) is 44.8 Å². The minimum Gasteiger partial charge on any atom is -0.439 e. The van der Waals surface area contributed by atoms with Crippen molar-refractivity contribution in [2.24, 2.45) is 0 Å². The summed E-state index contributed by atoms with van der Waals surface area (Å²) < 4.78 is 4.99. The Labute approximate surface area is 147 Å². The molecule has 1 aromatic rings. The molecule has 2 rings (SSSR count). The minimum atomic E-state index is -0.449. The fraction of sp³-hybridized carbons (Fsp3) is 0.529. The highest BCUT2D eigenvalue weighted by Gasteiger charge is 2.26. The van der Waals surface area contributed by atoms with Crippen LogP contribution in [0.15, 0.2) is 24.3 Å². The van der Waals surface area contributed by atoms with Gasteiger partial charge < -0.3 is 15.0 Å². The summed E-state index contributed by atoms with van der Waals surface area (Å²) in [4.78, 5) is 27.1. The van der Waals surface area contributed by atoms with Crippen LogP contribution in [0.1, 0.15) is 18.4 Å². The number of hydrogen-bond donors (Lipinski definition) is 1. The average Bonchev–Trinajstić information content (AvgIpc) is 2.61. The van der Waals surface area contributed by atoms with Gasteiger partial charge in [-0.1, -0.05) is 23.7 Å². The lowest BCUT2D eigenvalue weighted by Gasteiger charge is -2.36. The molecule has 0 radical (unpaired) electrons. The number of nitrogens with one attached hydrogen (secondary N) is 1. The van der Waals surface area contributed by atoms with E-state index in [9.17, 15) is 9.59 Å². The number of piperidine rings is 1. The van der Waals surface area contributed by atoms with E-state index in [1.54, 1.807) is 11.9 Å². The van der Waals surface area contributed by atoms with Gasteiger partial charge in [0.1, 0.15) is 0 Å². The Hall–Kier alpha value is -1.79. The summed E-state index contributed by atoms with van der Waals surface area (Å²) >= 11 is 5.90. The zero-order valence-electron chi connectivity index (χ0n) is 14.1. The predicted molar refractivity (Wildman–Crippen MR) is 92.9 cm³/mol. The Kier molecular flexibility index (Phi) is 6.87. The number of likely N-dealkylation sites (N-methyl/N-ethyl adjacent to an activating group) is 1. The predicted octanol–water partition coefficient (Wildman–Crippen LogP) is 2.12. The van der Waals surface area contributed by atoms with Crippen LogP contribution in [0, 0.1) is 0 Å². The third kappa shape index (κ3) is 5.39. The van der Waals surface area contributed by atoms with E-state index in [2.05, 4.69) is 10.2 Å². The first kappa shape index (κ1) is 18.5. The van der Waals surface area contributed by atoms with Crippen molar-refractivity contribution in [3.8, 4) is 0 Å². The molecule has 0 saturated carbocycles. The quantitative estimate of drug-likeness (QED) is 0.880. The molecule has 0 spiro atoms. The van der Waals surface area contributed by atoms with E-state index in [4.69, 9.17) is 16.3 Å². The van der Waals surface area contributed by atoms with Crippen molar-refractivity contribution >= 4 is 23.6 Å². The summed E-state index contributed by atoms with van der Waals surface area (Å²) in [5.41, 5.74) is 1.23. The average molecular weight is 354 g/mol. The molecule has 6 nitrogen and oxygen atoms in total. The number of benzene rings is 1. The number of likely N-dealkylation sites (tertiary alicyclic amines) is 1. The highest BCUT2D eigenvalue weighted by molar-refractivity contribution is 6.30. The number of carbonyl (C=O) groups is 2. The van der Waals surface area contributed by atoms with Gasteiger partial charge in [0.25, 0.3) is 5.91 Å².